The Labute approximate surface area is 121 Å². The topological polar surface area (TPSA) is 62.3 Å². The van der Waals surface area contributed by atoms with Crippen LogP contribution in [0.4, 0.5) is 5.82 Å². The Bertz CT molecular complexity index is 540. The molecule has 1 aromatic heterocycles. The zero-order valence-corrected chi connectivity index (χ0v) is 13.3. The molecule has 0 bridgehead atoms. The molecule has 5 nitrogen and oxygen atoms in total. The third kappa shape index (κ3) is 3.30. The average molecular weight is 297 g/mol. The van der Waals surface area contributed by atoms with E-state index in [1.807, 2.05) is 27.7 Å². The van der Waals surface area contributed by atoms with Gasteiger partial charge in [-0.15, -0.1) is 0 Å². The maximum Gasteiger partial charge on any atom is 0.245 e. The highest BCUT2D eigenvalue weighted by molar-refractivity contribution is 7.89. The van der Waals surface area contributed by atoms with E-state index in [2.05, 4.69) is 10.3 Å². The standard InChI is InChI=1S/C14H23N3O2S/c1-10(2)17(11(3)4)20(18,19)13-7-8-14(15-9-13)16-12-5-6-12/h7-12H,5-6H2,1-4H3,(H,15,16). The maximum atomic E-state index is 12.6. The predicted octanol–water partition coefficient (Wildman–Crippen LogP) is 2.46. The Hall–Kier alpha value is -1.14. The Balaban J connectivity index is 2.23. The summed E-state index contributed by atoms with van der Waals surface area (Å²) in [6, 6.07) is 3.72. The molecule has 1 fully saturated rings. The van der Waals surface area contributed by atoms with E-state index >= 15 is 0 Å². The first-order valence-electron chi connectivity index (χ1n) is 7.08. The third-order valence-electron chi connectivity index (χ3n) is 3.26. The number of rotatable bonds is 6. The summed E-state index contributed by atoms with van der Waals surface area (Å²) in [5, 5.41) is 3.25. The summed E-state index contributed by atoms with van der Waals surface area (Å²) in [5.74, 6) is 0.743. The second-order valence-electron chi connectivity index (χ2n) is 5.82. The van der Waals surface area contributed by atoms with Gasteiger partial charge in [0.2, 0.25) is 10.0 Å². The van der Waals surface area contributed by atoms with Gasteiger partial charge in [-0.1, -0.05) is 0 Å². The summed E-state index contributed by atoms with van der Waals surface area (Å²) < 4.78 is 26.8. The van der Waals surface area contributed by atoms with Crippen LogP contribution in [0.25, 0.3) is 0 Å². The van der Waals surface area contributed by atoms with Crippen LogP contribution in [-0.2, 0) is 10.0 Å². The SMILES string of the molecule is CC(C)N(C(C)C)S(=O)(=O)c1ccc(NC2CC2)nc1. The number of aromatic nitrogens is 1. The van der Waals surface area contributed by atoms with Gasteiger partial charge in [-0.05, 0) is 52.7 Å². The summed E-state index contributed by atoms with van der Waals surface area (Å²) in [7, 11) is -3.49. The molecule has 0 radical (unpaired) electrons. The van der Waals surface area contributed by atoms with Gasteiger partial charge in [0.15, 0.2) is 0 Å². The summed E-state index contributed by atoms with van der Waals surface area (Å²) in [6.07, 6.45) is 3.77. The van der Waals surface area contributed by atoms with Crippen LogP contribution in [0.5, 0.6) is 0 Å². The van der Waals surface area contributed by atoms with Crippen molar-refractivity contribution in [1.29, 1.82) is 0 Å². The van der Waals surface area contributed by atoms with Crippen LogP contribution in [0.2, 0.25) is 0 Å². The predicted molar refractivity (Wildman–Crippen MR) is 80.2 cm³/mol. The molecule has 0 unspecified atom stereocenters. The number of nitrogens with one attached hydrogen (secondary N) is 1. The van der Waals surface area contributed by atoms with Gasteiger partial charge < -0.3 is 5.32 Å². The first-order chi connectivity index (χ1) is 9.32. The molecule has 1 aromatic rings. The van der Waals surface area contributed by atoms with Crippen LogP contribution in [0.3, 0.4) is 0 Å². The molecule has 1 saturated carbocycles. The van der Waals surface area contributed by atoms with Crippen molar-refractivity contribution < 1.29 is 8.42 Å². The molecule has 0 spiro atoms. The van der Waals surface area contributed by atoms with Gasteiger partial charge in [0.1, 0.15) is 10.7 Å². The maximum absolute atomic E-state index is 12.6. The molecule has 1 aliphatic rings. The van der Waals surface area contributed by atoms with E-state index in [0.29, 0.717) is 6.04 Å². The summed E-state index contributed by atoms with van der Waals surface area (Å²) in [5.41, 5.74) is 0. The smallest absolute Gasteiger partial charge is 0.245 e. The molecular formula is C14H23N3O2S. The van der Waals surface area contributed by atoms with Gasteiger partial charge in [0.25, 0.3) is 0 Å². The number of nitrogens with zero attached hydrogens (tertiary/aromatic N) is 2. The van der Waals surface area contributed by atoms with Crippen LogP contribution in [0.15, 0.2) is 23.2 Å². The Kier molecular flexibility index (Phi) is 4.34. The minimum absolute atomic E-state index is 0.0794. The molecule has 1 heterocycles. The fourth-order valence-electron chi connectivity index (χ4n) is 2.33. The first-order valence-corrected chi connectivity index (χ1v) is 8.52. The van der Waals surface area contributed by atoms with E-state index in [1.54, 1.807) is 12.1 Å². The van der Waals surface area contributed by atoms with E-state index in [9.17, 15) is 8.42 Å². The zero-order chi connectivity index (χ0) is 14.9. The van der Waals surface area contributed by atoms with Crippen molar-refractivity contribution in [2.75, 3.05) is 5.32 Å². The van der Waals surface area contributed by atoms with E-state index in [-0.39, 0.29) is 17.0 Å². The third-order valence-corrected chi connectivity index (χ3v) is 5.49. The van der Waals surface area contributed by atoms with Crippen molar-refractivity contribution in [3.8, 4) is 0 Å². The van der Waals surface area contributed by atoms with E-state index in [0.717, 1.165) is 18.7 Å². The van der Waals surface area contributed by atoms with Crippen molar-refractivity contribution in [3.63, 3.8) is 0 Å². The number of anilines is 1. The van der Waals surface area contributed by atoms with Crippen LogP contribution in [0.1, 0.15) is 40.5 Å². The van der Waals surface area contributed by atoms with E-state index in [1.165, 1.54) is 10.5 Å². The molecule has 6 heteroatoms. The fourth-order valence-corrected chi connectivity index (χ4v) is 4.11. The largest absolute Gasteiger partial charge is 0.367 e. The van der Waals surface area contributed by atoms with Crippen molar-refractivity contribution in [2.45, 2.75) is 63.6 Å². The second kappa shape index (κ2) is 5.69. The molecule has 112 valence electrons. The van der Waals surface area contributed by atoms with Crippen molar-refractivity contribution in [3.05, 3.63) is 18.3 Å². The lowest BCUT2D eigenvalue weighted by Crippen LogP contribution is -2.41. The molecule has 20 heavy (non-hydrogen) atoms. The monoisotopic (exact) mass is 297 g/mol. The average Bonchev–Trinajstić information content (AvgIpc) is 3.12. The molecule has 0 aromatic carbocycles. The van der Waals surface area contributed by atoms with Gasteiger partial charge in [-0.3, -0.25) is 0 Å². The zero-order valence-electron chi connectivity index (χ0n) is 12.5. The normalized spacial score (nSPS) is 16.1. The summed E-state index contributed by atoms with van der Waals surface area (Å²) >= 11 is 0. The molecule has 0 aliphatic heterocycles. The fraction of sp³-hybridized carbons (Fsp3) is 0.643. The van der Waals surface area contributed by atoms with E-state index in [4.69, 9.17) is 0 Å². The molecule has 2 rings (SSSR count). The van der Waals surface area contributed by atoms with Crippen LogP contribution in [0, 0.1) is 0 Å². The number of sulfonamides is 1. The van der Waals surface area contributed by atoms with Gasteiger partial charge in [0.05, 0.1) is 0 Å². The minimum atomic E-state index is -3.49. The lowest BCUT2D eigenvalue weighted by molar-refractivity contribution is 0.302. The Morgan fingerprint density at radius 1 is 1.20 bits per heavy atom. The Morgan fingerprint density at radius 2 is 1.80 bits per heavy atom. The molecule has 1 N–H and O–H groups in total. The molecule has 0 amide bonds. The highest BCUT2D eigenvalue weighted by atomic mass is 32.2. The van der Waals surface area contributed by atoms with E-state index < -0.39 is 10.0 Å². The van der Waals surface area contributed by atoms with Crippen molar-refractivity contribution in [2.24, 2.45) is 0 Å². The van der Waals surface area contributed by atoms with Gasteiger partial charge in [-0.25, -0.2) is 13.4 Å². The first kappa shape index (κ1) is 15.3. The van der Waals surface area contributed by atoms with Crippen LogP contribution >= 0.6 is 0 Å². The van der Waals surface area contributed by atoms with Crippen LogP contribution < -0.4 is 5.32 Å². The second-order valence-corrected chi connectivity index (χ2v) is 7.66. The summed E-state index contributed by atoms with van der Waals surface area (Å²) in [6.45, 7) is 7.53. The van der Waals surface area contributed by atoms with Crippen molar-refractivity contribution in [1.82, 2.24) is 9.29 Å². The number of hydrogen-bond acceptors (Lipinski definition) is 4. The van der Waals surface area contributed by atoms with Crippen LogP contribution in [-0.4, -0.2) is 35.8 Å². The highest BCUT2D eigenvalue weighted by Gasteiger charge is 2.29. The lowest BCUT2D eigenvalue weighted by atomic mass is 10.3. The Morgan fingerprint density at radius 3 is 2.20 bits per heavy atom. The highest BCUT2D eigenvalue weighted by Crippen LogP contribution is 2.25. The number of pyridine rings is 1. The van der Waals surface area contributed by atoms with Crippen molar-refractivity contribution >= 4 is 15.8 Å². The van der Waals surface area contributed by atoms with Gasteiger partial charge in [-0.2, -0.15) is 4.31 Å². The molecule has 1 aliphatic carbocycles. The minimum Gasteiger partial charge on any atom is -0.367 e. The lowest BCUT2D eigenvalue weighted by Gasteiger charge is -2.29. The van der Waals surface area contributed by atoms with Gasteiger partial charge >= 0.3 is 0 Å². The molecule has 0 saturated heterocycles. The molecular weight excluding hydrogens is 274 g/mol. The van der Waals surface area contributed by atoms with Gasteiger partial charge in [0, 0.05) is 24.3 Å². The quantitative estimate of drug-likeness (QED) is 0.876. The number of hydrogen-bond donors (Lipinski definition) is 1. The molecule has 0 atom stereocenters. The summed E-state index contributed by atoms with van der Waals surface area (Å²) in [4.78, 5) is 4.46.